The highest BCUT2D eigenvalue weighted by Crippen LogP contribution is 2.55. The topological polar surface area (TPSA) is 12.0 Å². The minimum Gasteiger partial charge on any atom is -0.316 e. The first-order valence-corrected chi connectivity index (χ1v) is 8.14. The molecule has 1 aliphatic carbocycles. The lowest BCUT2D eigenvalue weighted by atomic mass is 9.52. The molecule has 0 aliphatic heterocycles. The van der Waals surface area contributed by atoms with E-state index < -0.39 is 0 Å². The minimum absolute atomic E-state index is 0.327. The van der Waals surface area contributed by atoms with Crippen LogP contribution in [0.3, 0.4) is 0 Å². The van der Waals surface area contributed by atoms with Gasteiger partial charge in [-0.1, -0.05) is 61.8 Å². The molecule has 0 atom stereocenters. The molecule has 1 N–H and O–H groups in total. The van der Waals surface area contributed by atoms with E-state index in [1.165, 1.54) is 22.9 Å². The number of nitrogens with one attached hydrogen (secondary N) is 1. The van der Waals surface area contributed by atoms with Crippen LogP contribution in [0.2, 0.25) is 0 Å². The van der Waals surface area contributed by atoms with Crippen molar-refractivity contribution >= 4 is 15.9 Å². The van der Waals surface area contributed by atoms with Gasteiger partial charge >= 0.3 is 0 Å². The van der Waals surface area contributed by atoms with Gasteiger partial charge in [0.2, 0.25) is 0 Å². The summed E-state index contributed by atoms with van der Waals surface area (Å²) in [4.78, 5) is 0. The first-order valence-electron chi connectivity index (χ1n) is 7.35. The second-order valence-electron chi connectivity index (χ2n) is 7.01. The zero-order valence-corrected chi connectivity index (χ0v) is 14.2. The summed E-state index contributed by atoms with van der Waals surface area (Å²) in [5.74, 6) is 0.832. The highest BCUT2D eigenvalue weighted by molar-refractivity contribution is 9.10. The third-order valence-electron chi connectivity index (χ3n) is 4.66. The van der Waals surface area contributed by atoms with Crippen molar-refractivity contribution in [1.82, 2.24) is 5.32 Å². The Balaban J connectivity index is 2.22. The van der Waals surface area contributed by atoms with Gasteiger partial charge in [0.1, 0.15) is 0 Å². The summed E-state index contributed by atoms with van der Waals surface area (Å²) in [5.41, 5.74) is 2.24. The molecule has 19 heavy (non-hydrogen) atoms. The molecule has 2 rings (SSSR count). The summed E-state index contributed by atoms with van der Waals surface area (Å²) < 4.78 is 1.26. The zero-order chi connectivity index (χ0) is 14.1. The van der Waals surface area contributed by atoms with Crippen molar-refractivity contribution in [2.45, 2.75) is 46.0 Å². The molecule has 0 unspecified atom stereocenters. The molecular formula is C17H26BrN. The lowest BCUT2D eigenvalue weighted by Gasteiger charge is -2.54. The van der Waals surface area contributed by atoms with Crippen LogP contribution >= 0.6 is 15.9 Å². The molecule has 1 saturated carbocycles. The molecule has 0 amide bonds. The first-order chi connectivity index (χ1) is 8.89. The predicted octanol–water partition coefficient (Wildman–Crippen LogP) is 4.75. The highest BCUT2D eigenvalue weighted by Gasteiger charge is 2.49. The smallest absolute Gasteiger partial charge is 0.0213 e. The van der Waals surface area contributed by atoms with E-state index in [1.807, 2.05) is 0 Å². The fourth-order valence-electron chi connectivity index (χ4n) is 3.21. The monoisotopic (exact) mass is 323 g/mol. The highest BCUT2D eigenvalue weighted by atomic mass is 79.9. The van der Waals surface area contributed by atoms with E-state index in [9.17, 15) is 0 Å². The summed E-state index contributed by atoms with van der Waals surface area (Å²) in [5, 5.41) is 3.57. The maximum atomic E-state index is 3.74. The van der Waals surface area contributed by atoms with E-state index in [0.717, 1.165) is 19.0 Å². The van der Waals surface area contributed by atoms with Crippen molar-refractivity contribution < 1.29 is 0 Å². The molecule has 0 radical (unpaired) electrons. The number of likely N-dealkylation sites (N-methyl/N-ethyl adjacent to an activating group) is 1. The van der Waals surface area contributed by atoms with Crippen molar-refractivity contribution in [3.63, 3.8) is 0 Å². The lowest BCUT2D eigenvalue weighted by molar-refractivity contribution is 0.0448. The average Bonchev–Trinajstić information content (AvgIpc) is 2.28. The molecule has 1 aromatic rings. The summed E-state index contributed by atoms with van der Waals surface area (Å²) in [7, 11) is 0. The Morgan fingerprint density at radius 1 is 1.26 bits per heavy atom. The van der Waals surface area contributed by atoms with Crippen molar-refractivity contribution in [2.24, 2.45) is 11.3 Å². The summed E-state index contributed by atoms with van der Waals surface area (Å²) in [6.07, 6.45) is 2.60. The number of halogens is 1. The van der Waals surface area contributed by atoms with Crippen molar-refractivity contribution in [3.05, 3.63) is 34.3 Å². The Kier molecular flexibility index (Phi) is 4.42. The van der Waals surface area contributed by atoms with Crippen LogP contribution in [0.4, 0.5) is 0 Å². The van der Waals surface area contributed by atoms with Crippen LogP contribution in [0.25, 0.3) is 0 Å². The Labute approximate surface area is 126 Å². The van der Waals surface area contributed by atoms with E-state index in [4.69, 9.17) is 0 Å². The van der Waals surface area contributed by atoms with Gasteiger partial charge in [-0.2, -0.15) is 0 Å². The Morgan fingerprint density at radius 3 is 2.42 bits per heavy atom. The van der Waals surface area contributed by atoms with Gasteiger partial charge in [-0.25, -0.2) is 0 Å². The number of hydrogen-bond donors (Lipinski definition) is 1. The van der Waals surface area contributed by atoms with Gasteiger partial charge in [0.15, 0.2) is 0 Å². The molecule has 1 nitrogen and oxygen atoms in total. The van der Waals surface area contributed by atoms with Gasteiger partial charge in [-0.3, -0.25) is 0 Å². The van der Waals surface area contributed by atoms with Gasteiger partial charge in [0.25, 0.3) is 0 Å². The molecule has 0 saturated heterocycles. The summed E-state index contributed by atoms with van der Waals surface area (Å²) in [6, 6.07) is 8.74. The SMILES string of the molecule is CCNCC1(c2ccccc2Br)CC(C(C)(C)C)C1. The van der Waals surface area contributed by atoms with E-state index in [1.54, 1.807) is 0 Å². The normalized spacial score (nSPS) is 27.1. The van der Waals surface area contributed by atoms with Gasteiger partial charge in [-0.05, 0) is 42.3 Å². The van der Waals surface area contributed by atoms with Crippen LogP contribution in [0, 0.1) is 11.3 Å². The van der Waals surface area contributed by atoms with Crippen LogP contribution in [-0.4, -0.2) is 13.1 Å². The third kappa shape index (κ3) is 3.05. The molecule has 106 valence electrons. The molecule has 0 bridgehead atoms. The largest absolute Gasteiger partial charge is 0.316 e. The fraction of sp³-hybridized carbons (Fsp3) is 0.647. The Morgan fingerprint density at radius 2 is 1.89 bits per heavy atom. The van der Waals surface area contributed by atoms with Gasteiger partial charge < -0.3 is 5.32 Å². The molecule has 1 aliphatic rings. The number of benzene rings is 1. The average molecular weight is 324 g/mol. The molecule has 2 heteroatoms. The number of hydrogen-bond acceptors (Lipinski definition) is 1. The van der Waals surface area contributed by atoms with Crippen LogP contribution < -0.4 is 5.32 Å². The van der Waals surface area contributed by atoms with Gasteiger partial charge in [0, 0.05) is 16.4 Å². The van der Waals surface area contributed by atoms with Crippen molar-refractivity contribution in [3.8, 4) is 0 Å². The first kappa shape index (κ1) is 15.1. The maximum absolute atomic E-state index is 3.74. The van der Waals surface area contributed by atoms with Gasteiger partial charge in [0.05, 0.1) is 0 Å². The molecular weight excluding hydrogens is 298 g/mol. The Hall–Kier alpha value is -0.340. The fourth-order valence-corrected chi connectivity index (χ4v) is 3.92. The predicted molar refractivity (Wildman–Crippen MR) is 86.5 cm³/mol. The quantitative estimate of drug-likeness (QED) is 0.842. The molecule has 0 spiro atoms. The second-order valence-corrected chi connectivity index (χ2v) is 7.87. The third-order valence-corrected chi connectivity index (χ3v) is 5.35. The van der Waals surface area contributed by atoms with Crippen LogP contribution in [0.1, 0.15) is 46.1 Å². The lowest BCUT2D eigenvalue weighted by Crippen LogP contribution is -2.52. The maximum Gasteiger partial charge on any atom is 0.0213 e. The molecule has 1 fully saturated rings. The van der Waals surface area contributed by atoms with E-state index >= 15 is 0 Å². The molecule has 0 aromatic heterocycles. The Bertz CT molecular complexity index is 427. The van der Waals surface area contributed by atoms with E-state index in [0.29, 0.717) is 10.8 Å². The van der Waals surface area contributed by atoms with E-state index in [2.05, 4.69) is 73.2 Å². The standard InChI is InChI=1S/C17H26BrN/c1-5-19-12-17(10-13(11-17)16(2,3)4)14-8-6-7-9-15(14)18/h6-9,13,19H,5,10-12H2,1-4H3. The van der Waals surface area contributed by atoms with Crippen LogP contribution in [-0.2, 0) is 5.41 Å². The zero-order valence-electron chi connectivity index (χ0n) is 12.6. The summed E-state index contributed by atoms with van der Waals surface area (Å²) in [6.45, 7) is 11.4. The molecule has 0 heterocycles. The van der Waals surface area contributed by atoms with Crippen molar-refractivity contribution in [2.75, 3.05) is 13.1 Å². The minimum atomic E-state index is 0.327. The van der Waals surface area contributed by atoms with E-state index in [-0.39, 0.29) is 0 Å². The van der Waals surface area contributed by atoms with Crippen LogP contribution in [0.5, 0.6) is 0 Å². The van der Waals surface area contributed by atoms with Gasteiger partial charge in [-0.15, -0.1) is 0 Å². The summed E-state index contributed by atoms with van der Waals surface area (Å²) >= 11 is 3.74. The van der Waals surface area contributed by atoms with Crippen LogP contribution in [0.15, 0.2) is 28.7 Å². The number of rotatable bonds is 4. The van der Waals surface area contributed by atoms with Crippen molar-refractivity contribution in [1.29, 1.82) is 0 Å². The second kappa shape index (κ2) is 5.57. The molecule has 1 aromatic carbocycles.